The number of hydrogen-bond acceptors (Lipinski definition) is 5. The van der Waals surface area contributed by atoms with Gasteiger partial charge in [-0.1, -0.05) is 60.8 Å². The van der Waals surface area contributed by atoms with Gasteiger partial charge in [-0.05, 0) is 80.2 Å². The second kappa shape index (κ2) is 14.1. The predicted molar refractivity (Wildman–Crippen MR) is 157 cm³/mol. The lowest BCUT2D eigenvalue weighted by molar-refractivity contribution is -0.141. The van der Waals surface area contributed by atoms with Crippen molar-refractivity contribution in [2.45, 2.75) is 154 Å². The van der Waals surface area contributed by atoms with E-state index in [-0.39, 0.29) is 34.7 Å². The monoisotopic (exact) mass is 558 g/mol. The number of carboxylic acids is 1. The third-order valence-electron chi connectivity index (χ3n) is 9.30. The fourth-order valence-electron chi connectivity index (χ4n) is 4.91. The average Bonchev–Trinajstić information content (AvgIpc) is 3.03. The van der Waals surface area contributed by atoms with Crippen LogP contribution < -0.4 is 0 Å². The van der Waals surface area contributed by atoms with Crippen molar-refractivity contribution >= 4 is 28.6 Å². The zero-order valence-electron chi connectivity index (χ0n) is 25.9. The lowest BCUT2D eigenvalue weighted by Crippen LogP contribution is -2.45. The molecule has 8 heteroatoms. The summed E-state index contributed by atoms with van der Waals surface area (Å²) in [6, 6.07) is 0. The van der Waals surface area contributed by atoms with Crippen LogP contribution in [-0.4, -0.2) is 53.0 Å². The maximum atomic E-state index is 11.4. The molecule has 0 aromatic rings. The summed E-state index contributed by atoms with van der Waals surface area (Å²) in [7, 11) is -2.53. The van der Waals surface area contributed by atoms with Crippen molar-refractivity contribution in [2.75, 3.05) is 7.11 Å². The molecular weight excluding hydrogens is 500 g/mol. The van der Waals surface area contributed by atoms with Crippen molar-refractivity contribution in [2.24, 2.45) is 11.8 Å². The summed E-state index contributed by atoms with van der Waals surface area (Å²) in [5.41, 5.74) is 0. The van der Waals surface area contributed by atoms with Gasteiger partial charge in [0.2, 0.25) is 0 Å². The Morgan fingerprint density at radius 3 is 1.57 bits per heavy atom. The summed E-state index contributed by atoms with van der Waals surface area (Å²) in [4.78, 5) is 22.8. The smallest absolute Gasteiger partial charge is 0.305 e. The third kappa shape index (κ3) is 10.8. The van der Waals surface area contributed by atoms with Crippen LogP contribution in [0.1, 0.15) is 106 Å². The molecule has 1 fully saturated rings. The molecule has 0 saturated heterocycles. The molecule has 0 heterocycles. The molecule has 0 aromatic carbocycles. The van der Waals surface area contributed by atoms with Gasteiger partial charge in [-0.2, -0.15) is 0 Å². The minimum Gasteiger partial charge on any atom is -0.481 e. The average molecular weight is 559 g/mol. The number of carbonyl (C=O) groups is 2. The second-order valence-corrected chi connectivity index (χ2v) is 23.7. The summed E-state index contributed by atoms with van der Waals surface area (Å²) in [5.74, 6) is -0.171. The number of unbranched alkanes of at least 4 members (excludes halogenated alkanes) is 3. The van der Waals surface area contributed by atoms with Gasteiger partial charge >= 0.3 is 11.9 Å². The van der Waals surface area contributed by atoms with Crippen LogP contribution in [0.4, 0.5) is 0 Å². The Bertz CT molecular complexity index is 723. The number of rotatable bonds is 15. The number of esters is 1. The Labute approximate surface area is 229 Å². The van der Waals surface area contributed by atoms with Gasteiger partial charge in [0.25, 0.3) is 0 Å². The Hall–Kier alpha value is -0.706. The summed E-state index contributed by atoms with van der Waals surface area (Å²) in [5, 5.41) is 9.56. The zero-order chi connectivity index (χ0) is 28.7. The molecule has 1 saturated carbocycles. The number of carboxylic acid groups (broad SMARTS) is 1. The van der Waals surface area contributed by atoms with Gasteiger partial charge in [0.05, 0.1) is 19.3 Å². The van der Waals surface area contributed by atoms with Crippen molar-refractivity contribution < 1.29 is 28.3 Å². The Balaban J connectivity index is 3.12. The molecule has 0 radical (unpaired) electrons. The molecule has 1 aliphatic rings. The Kier molecular flexibility index (Phi) is 13.1. The normalized spacial score (nSPS) is 23.3. The first-order valence-corrected chi connectivity index (χ1v) is 20.3. The third-order valence-corrected chi connectivity index (χ3v) is 18.3. The molecule has 0 spiro atoms. The highest BCUT2D eigenvalue weighted by atomic mass is 28.4. The van der Waals surface area contributed by atoms with Gasteiger partial charge in [0, 0.05) is 12.8 Å². The van der Waals surface area contributed by atoms with E-state index in [9.17, 15) is 14.7 Å². The summed E-state index contributed by atoms with van der Waals surface area (Å²) >= 11 is 0. The van der Waals surface area contributed by atoms with Crippen LogP contribution in [0.25, 0.3) is 0 Å². The molecule has 0 amide bonds. The first kappa shape index (κ1) is 34.3. The number of ether oxygens (including phenoxy) is 1. The number of hydrogen-bond donors (Lipinski definition) is 1. The van der Waals surface area contributed by atoms with E-state index in [4.69, 9.17) is 13.6 Å². The first-order chi connectivity index (χ1) is 16.8. The summed E-state index contributed by atoms with van der Waals surface area (Å²) in [6.07, 6.45) is 8.53. The molecule has 0 aliphatic heterocycles. The van der Waals surface area contributed by atoms with Gasteiger partial charge in [-0.15, -0.1) is 0 Å². The molecular formula is C29H58O6Si2. The zero-order valence-corrected chi connectivity index (χ0v) is 27.9. The van der Waals surface area contributed by atoms with Crippen LogP contribution in [0.3, 0.4) is 0 Å². The van der Waals surface area contributed by atoms with Gasteiger partial charge in [0.1, 0.15) is 0 Å². The van der Waals surface area contributed by atoms with Crippen LogP contribution in [0, 0.1) is 11.8 Å². The number of carbonyl (C=O) groups excluding carboxylic acids is 1. The van der Waals surface area contributed by atoms with E-state index < -0.39 is 22.6 Å². The second-order valence-electron chi connectivity index (χ2n) is 14.2. The fraction of sp³-hybridized carbons (Fsp3) is 0.931. The molecule has 6 nitrogen and oxygen atoms in total. The minimum absolute atomic E-state index is 0.117. The van der Waals surface area contributed by atoms with E-state index in [1.54, 1.807) is 0 Å². The molecule has 0 bridgehead atoms. The summed E-state index contributed by atoms with van der Waals surface area (Å²) < 4.78 is 18.9. The summed E-state index contributed by atoms with van der Waals surface area (Å²) in [6.45, 7) is 23.0. The molecule has 4 atom stereocenters. The maximum Gasteiger partial charge on any atom is 0.305 e. The lowest BCUT2D eigenvalue weighted by Gasteiger charge is -2.40. The highest BCUT2D eigenvalue weighted by Crippen LogP contribution is 2.49. The van der Waals surface area contributed by atoms with E-state index in [1.807, 2.05) is 0 Å². The largest absolute Gasteiger partial charge is 0.481 e. The Morgan fingerprint density at radius 2 is 1.16 bits per heavy atom. The van der Waals surface area contributed by atoms with Gasteiger partial charge in [0.15, 0.2) is 16.6 Å². The molecule has 1 rings (SSSR count). The first-order valence-electron chi connectivity index (χ1n) is 14.5. The molecule has 37 heavy (non-hydrogen) atoms. The van der Waals surface area contributed by atoms with E-state index in [1.165, 1.54) is 7.11 Å². The van der Waals surface area contributed by atoms with E-state index in [2.05, 4.69) is 67.7 Å². The topological polar surface area (TPSA) is 82.1 Å². The standard InChI is InChI=1S/C29H58O6Si2/c1-28(2,3)36(8,9)34-24-21-25(35-37(10,11)29(4,5)6)23(18-16-19-26(30)31)22(24)17-14-12-13-15-20-27(32)33-7/h22-25H,12-21H2,1-11H3,(H,30,31)/t22-,23-,24+,25?/m1/s1. The quantitative estimate of drug-likeness (QED) is 0.124. The number of methoxy groups -OCH3 is 1. The van der Waals surface area contributed by atoms with Crippen LogP contribution >= 0.6 is 0 Å². The van der Waals surface area contributed by atoms with E-state index in [0.717, 1.165) is 44.9 Å². The van der Waals surface area contributed by atoms with Crippen molar-refractivity contribution in [3.05, 3.63) is 0 Å². The molecule has 1 unspecified atom stereocenters. The molecule has 1 aliphatic carbocycles. The van der Waals surface area contributed by atoms with Gasteiger partial charge in [-0.25, -0.2) is 0 Å². The van der Waals surface area contributed by atoms with Crippen LogP contribution in [0.2, 0.25) is 36.3 Å². The number of aliphatic carboxylic acids is 1. The predicted octanol–water partition coefficient (Wildman–Crippen LogP) is 8.17. The molecule has 0 aromatic heterocycles. The minimum atomic E-state index is -1.99. The van der Waals surface area contributed by atoms with Crippen LogP contribution in [0.15, 0.2) is 0 Å². The van der Waals surface area contributed by atoms with Gasteiger partial charge < -0.3 is 18.7 Å². The van der Waals surface area contributed by atoms with E-state index >= 15 is 0 Å². The highest BCUT2D eigenvalue weighted by molar-refractivity contribution is 6.74. The molecule has 1 N–H and O–H groups in total. The highest BCUT2D eigenvalue weighted by Gasteiger charge is 2.50. The lowest BCUT2D eigenvalue weighted by atomic mass is 9.85. The van der Waals surface area contributed by atoms with Crippen LogP contribution in [0.5, 0.6) is 0 Å². The van der Waals surface area contributed by atoms with Crippen molar-refractivity contribution in [1.29, 1.82) is 0 Å². The van der Waals surface area contributed by atoms with Crippen molar-refractivity contribution in [3.8, 4) is 0 Å². The Morgan fingerprint density at radius 1 is 0.730 bits per heavy atom. The van der Waals surface area contributed by atoms with Crippen molar-refractivity contribution in [1.82, 2.24) is 0 Å². The van der Waals surface area contributed by atoms with Crippen molar-refractivity contribution in [3.63, 3.8) is 0 Å². The van der Waals surface area contributed by atoms with Crippen LogP contribution in [-0.2, 0) is 23.2 Å². The van der Waals surface area contributed by atoms with Gasteiger partial charge in [-0.3, -0.25) is 9.59 Å². The maximum absolute atomic E-state index is 11.4. The molecule has 218 valence electrons. The SMILES string of the molecule is COC(=O)CCCCCC[C@H]1[C@@H](O[Si](C)(C)C(C)(C)C)CC(O[Si](C)(C)C(C)(C)C)[C@@H]1CCCC(=O)O. The van der Waals surface area contributed by atoms with E-state index in [0.29, 0.717) is 24.7 Å². The fourth-order valence-corrected chi connectivity index (χ4v) is 7.67.